The van der Waals surface area contributed by atoms with E-state index >= 15 is 0 Å². The first-order valence-corrected chi connectivity index (χ1v) is 11.1. The highest BCUT2D eigenvalue weighted by Gasteiger charge is 2.47. The number of hydrogen-bond donors (Lipinski definition) is 2. The molecule has 4 unspecified atom stereocenters. The van der Waals surface area contributed by atoms with E-state index in [-0.39, 0.29) is 35.5 Å². The summed E-state index contributed by atoms with van der Waals surface area (Å²) in [6.07, 6.45) is 11.7. The van der Waals surface area contributed by atoms with Gasteiger partial charge in [-0.05, 0) is 50.1 Å². The number of allylic oxidation sites excluding steroid dienone is 2. The number of carbonyl (C=O) groups is 2. The Labute approximate surface area is 177 Å². The van der Waals surface area contributed by atoms with E-state index in [2.05, 4.69) is 37.2 Å². The van der Waals surface area contributed by atoms with Gasteiger partial charge in [0.1, 0.15) is 0 Å². The summed E-state index contributed by atoms with van der Waals surface area (Å²) >= 11 is 0. The number of amides is 2. The van der Waals surface area contributed by atoms with Crippen molar-refractivity contribution in [1.29, 1.82) is 0 Å². The molecule has 2 fully saturated rings. The van der Waals surface area contributed by atoms with E-state index in [1.165, 1.54) is 0 Å². The summed E-state index contributed by atoms with van der Waals surface area (Å²) in [5.74, 6) is 0.0997. The number of hydrogen-bond acceptors (Lipinski definition) is 6. The monoisotopic (exact) mass is 412 g/mol. The highest BCUT2D eigenvalue weighted by molar-refractivity contribution is 5.88. The third-order valence-corrected chi connectivity index (χ3v) is 6.79. The summed E-state index contributed by atoms with van der Waals surface area (Å²) < 4.78 is 0. The molecule has 2 heterocycles. The highest BCUT2D eigenvalue weighted by Crippen LogP contribution is 2.44. The average Bonchev–Trinajstić information content (AvgIpc) is 2.80. The Balaban J connectivity index is 1.14. The number of fused-ring (bicyclic) bond motifs is 2. The maximum Gasteiger partial charge on any atom is 0.225 e. The Morgan fingerprint density at radius 1 is 1.00 bits per heavy atom. The fourth-order valence-corrected chi connectivity index (χ4v) is 5.16. The molecule has 1 saturated heterocycles. The van der Waals surface area contributed by atoms with Crippen LogP contribution in [-0.2, 0) is 9.59 Å². The third-order valence-electron chi connectivity index (χ3n) is 6.79. The zero-order valence-corrected chi connectivity index (χ0v) is 17.4. The topological polar surface area (TPSA) is 104 Å². The molecule has 3 aliphatic carbocycles. The Morgan fingerprint density at radius 3 is 2.30 bits per heavy atom. The van der Waals surface area contributed by atoms with Gasteiger partial charge in [-0.25, -0.2) is 9.97 Å². The highest BCUT2D eigenvalue weighted by atomic mass is 16.2. The summed E-state index contributed by atoms with van der Waals surface area (Å²) in [5.41, 5.74) is 5.62. The number of primary amides is 1. The maximum atomic E-state index is 12.8. The standard InChI is InChI=1S/C22H32N6O2/c23-20(29)18-16-4-6-17(7-5-16)19(18)21(30)24-8-1-2-11-27-12-14-28(15-13-27)22-25-9-3-10-26-22/h3-4,6,9-10,16-19H,1-2,5,7-8,11-15H2,(H2,23,29)(H,24,30). The van der Waals surface area contributed by atoms with Crippen LogP contribution in [0.3, 0.4) is 0 Å². The normalized spacial score (nSPS) is 28.5. The summed E-state index contributed by atoms with van der Waals surface area (Å²) in [7, 11) is 0. The first kappa shape index (κ1) is 20.8. The van der Waals surface area contributed by atoms with E-state index in [0.717, 1.165) is 64.4 Å². The van der Waals surface area contributed by atoms with E-state index in [0.29, 0.717) is 6.54 Å². The fraction of sp³-hybridized carbons (Fsp3) is 0.636. The van der Waals surface area contributed by atoms with Crippen LogP contribution in [-0.4, -0.2) is 66.0 Å². The number of rotatable bonds is 8. The minimum absolute atomic E-state index is 0.00525. The molecule has 1 aromatic rings. The Bertz CT molecular complexity index is 762. The molecule has 0 aromatic carbocycles. The largest absolute Gasteiger partial charge is 0.369 e. The lowest BCUT2D eigenvalue weighted by molar-refractivity contribution is -0.138. The molecule has 3 N–H and O–H groups in total. The van der Waals surface area contributed by atoms with Gasteiger partial charge in [0, 0.05) is 45.1 Å². The van der Waals surface area contributed by atoms with Gasteiger partial charge >= 0.3 is 0 Å². The maximum absolute atomic E-state index is 12.8. The van der Waals surface area contributed by atoms with E-state index in [9.17, 15) is 9.59 Å². The molecule has 1 saturated carbocycles. The molecule has 30 heavy (non-hydrogen) atoms. The quantitative estimate of drug-likeness (QED) is 0.484. The van der Waals surface area contributed by atoms with E-state index in [4.69, 9.17) is 5.73 Å². The molecular formula is C22H32N6O2. The van der Waals surface area contributed by atoms with Crippen molar-refractivity contribution >= 4 is 17.8 Å². The van der Waals surface area contributed by atoms with Crippen molar-refractivity contribution in [2.75, 3.05) is 44.2 Å². The number of aromatic nitrogens is 2. The van der Waals surface area contributed by atoms with Crippen LogP contribution in [0.25, 0.3) is 0 Å². The molecular weight excluding hydrogens is 380 g/mol. The molecule has 4 atom stereocenters. The number of nitrogens with two attached hydrogens (primary N) is 1. The van der Waals surface area contributed by atoms with Crippen molar-refractivity contribution in [2.24, 2.45) is 29.4 Å². The van der Waals surface area contributed by atoms with E-state index in [1.807, 2.05) is 6.07 Å². The third kappa shape index (κ3) is 4.64. The predicted octanol–water partition coefficient (Wildman–Crippen LogP) is 0.809. The molecule has 5 rings (SSSR count). The van der Waals surface area contributed by atoms with Crippen LogP contribution < -0.4 is 16.0 Å². The van der Waals surface area contributed by atoms with Crippen molar-refractivity contribution in [3.63, 3.8) is 0 Å². The molecule has 2 bridgehead atoms. The van der Waals surface area contributed by atoms with Crippen molar-refractivity contribution in [2.45, 2.75) is 25.7 Å². The minimum Gasteiger partial charge on any atom is -0.369 e. The summed E-state index contributed by atoms with van der Waals surface area (Å²) in [4.78, 5) is 38.0. The molecule has 8 nitrogen and oxygen atoms in total. The second kappa shape index (κ2) is 9.55. The zero-order valence-electron chi connectivity index (χ0n) is 17.4. The van der Waals surface area contributed by atoms with Crippen LogP contribution in [0.15, 0.2) is 30.6 Å². The van der Waals surface area contributed by atoms with Gasteiger partial charge in [-0.15, -0.1) is 0 Å². The molecule has 0 radical (unpaired) electrons. The summed E-state index contributed by atoms with van der Waals surface area (Å²) in [6, 6.07) is 1.84. The Morgan fingerprint density at radius 2 is 1.67 bits per heavy atom. The Kier molecular flexibility index (Phi) is 6.62. The lowest BCUT2D eigenvalue weighted by atomic mass is 9.61. The van der Waals surface area contributed by atoms with Crippen LogP contribution in [0.4, 0.5) is 5.95 Å². The summed E-state index contributed by atoms with van der Waals surface area (Å²) in [5, 5.41) is 3.06. The van der Waals surface area contributed by atoms with Gasteiger partial charge in [0.25, 0.3) is 0 Å². The molecule has 1 aromatic heterocycles. The van der Waals surface area contributed by atoms with Gasteiger partial charge in [-0.3, -0.25) is 14.5 Å². The van der Waals surface area contributed by atoms with Gasteiger partial charge in [-0.2, -0.15) is 0 Å². The predicted molar refractivity (Wildman–Crippen MR) is 114 cm³/mol. The lowest BCUT2D eigenvalue weighted by Gasteiger charge is -2.42. The molecule has 4 aliphatic rings. The van der Waals surface area contributed by atoms with Crippen molar-refractivity contribution in [3.8, 4) is 0 Å². The van der Waals surface area contributed by atoms with Crippen LogP contribution in [0.2, 0.25) is 0 Å². The van der Waals surface area contributed by atoms with Crippen LogP contribution in [0.5, 0.6) is 0 Å². The lowest BCUT2D eigenvalue weighted by Crippen LogP contribution is -2.50. The number of carbonyl (C=O) groups excluding carboxylic acids is 2. The van der Waals surface area contributed by atoms with Gasteiger partial charge in [0.15, 0.2) is 0 Å². The molecule has 2 amide bonds. The van der Waals surface area contributed by atoms with Gasteiger partial charge < -0.3 is 16.0 Å². The first-order valence-electron chi connectivity index (χ1n) is 11.1. The van der Waals surface area contributed by atoms with Gasteiger partial charge in [0.2, 0.25) is 17.8 Å². The van der Waals surface area contributed by atoms with Gasteiger partial charge in [0.05, 0.1) is 11.8 Å². The SMILES string of the molecule is NC(=O)C1C2C=CC(CC2)C1C(=O)NCCCCN1CCN(c2ncccn2)CC1. The van der Waals surface area contributed by atoms with Crippen LogP contribution in [0, 0.1) is 23.7 Å². The second-order valence-corrected chi connectivity index (χ2v) is 8.62. The number of piperazine rings is 1. The average molecular weight is 413 g/mol. The number of nitrogens with zero attached hydrogens (tertiary/aromatic N) is 4. The van der Waals surface area contributed by atoms with Crippen molar-refractivity contribution in [1.82, 2.24) is 20.2 Å². The molecule has 8 heteroatoms. The number of nitrogens with one attached hydrogen (secondary N) is 1. The minimum atomic E-state index is -0.348. The van der Waals surface area contributed by atoms with Crippen molar-refractivity contribution in [3.05, 3.63) is 30.6 Å². The van der Waals surface area contributed by atoms with E-state index in [1.54, 1.807) is 12.4 Å². The van der Waals surface area contributed by atoms with Crippen LogP contribution in [0.1, 0.15) is 25.7 Å². The number of anilines is 1. The summed E-state index contributed by atoms with van der Waals surface area (Å²) in [6.45, 7) is 5.56. The van der Waals surface area contributed by atoms with Crippen LogP contribution >= 0.6 is 0 Å². The zero-order chi connectivity index (χ0) is 20.9. The van der Waals surface area contributed by atoms with E-state index < -0.39 is 0 Å². The van der Waals surface area contributed by atoms with Gasteiger partial charge in [-0.1, -0.05) is 12.2 Å². The Hall–Kier alpha value is -2.48. The number of unbranched alkanes of at least 4 members (excludes halogenated alkanes) is 1. The first-order chi connectivity index (χ1) is 14.6. The smallest absolute Gasteiger partial charge is 0.225 e. The van der Waals surface area contributed by atoms with Crippen molar-refractivity contribution < 1.29 is 9.59 Å². The molecule has 1 aliphatic heterocycles. The second-order valence-electron chi connectivity index (χ2n) is 8.62. The molecule has 162 valence electrons. The fourth-order valence-electron chi connectivity index (χ4n) is 5.16. The molecule has 0 spiro atoms.